The largest absolute Gasteiger partial charge is 0.372 e. The van der Waals surface area contributed by atoms with Crippen molar-refractivity contribution in [1.82, 2.24) is 0 Å². The van der Waals surface area contributed by atoms with E-state index < -0.39 is 8.07 Å². The summed E-state index contributed by atoms with van der Waals surface area (Å²) in [6, 6.07) is 13.7. The molecule has 1 unspecified atom stereocenters. The van der Waals surface area contributed by atoms with Gasteiger partial charge < -0.3 is 4.90 Å². The van der Waals surface area contributed by atoms with E-state index in [4.69, 9.17) is 0 Å². The molecule has 0 N–H and O–H groups in total. The second-order valence-electron chi connectivity index (χ2n) is 5.66. The van der Waals surface area contributed by atoms with Crippen LogP contribution in [-0.4, -0.2) is 21.2 Å². The highest BCUT2D eigenvalue weighted by Gasteiger charge is 2.23. The minimum absolute atomic E-state index is 0.596. The molecule has 0 radical (unpaired) electrons. The Kier molecular flexibility index (Phi) is 5.00. The lowest BCUT2D eigenvalue weighted by molar-refractivity contribution is 0.741. The Labute approximate surface area is 107 Å². The lowest BCUT2D eigenvalue weighted by Gasteiger charge is -2.32. The van der Waals surface area contributed by atoms with Crippen LogP contribution in [0.4, 0.5) is 5.69 Å². The molecule has 0 aliphatic heterocycles. The van der Waals surface area contributed by atoms with Crippen molar-refractivity contribution in [2.45, 2.75) is 38.1 Å². The van der Waals surface area contributed by atoms with Gasteiger partial charge in [-0.2, -0.15) is 0 Å². The van der Waals surface area contributed by atoms with Gasteiger partial charge in [-0.05, 0) is 31.1 Å². The third-order valence-corrected chi connectivity index (χ3v) is 6.46. The number of para-hydroxylation sites is 1. The van der Waals surface area contributed by atoms with E-state index >= 15 is 0 Å². The molecule has 0 heterocycles. The number of rotatable bonds is 6. The zero-order valence-corrected chi connectivity index (χ0v) is 12.6. The molecule has 17 heavy (non-hydrogen) atoms. The highest BCUT2D eigenvalue weighted by Crippen LogP contribution is 2.23. The Balaban J connectivity index is 2.64. The van der Waals surface area contributed by atoms with Gasteiger partial charge in [0.25, 0.3) is 0 Å². The summed E-state index contributed by atoms with van der Waals surface area (Å²) in [4.78, 5) is 2.39. The van der Waals surface area contributed by atoms with Crippen LogP contribution in [-0.2, 0) is 0 Å². The molecule has 0 saturated heterocycles. The average molecular weight is 247 g/mol. The number of hydrogen-bond donors (Lipinski definition) is 0. The standard InChI is InChI=1S/C15H25NSi/c1-6-12-17(4,5)13-14(2)16(3)15-10-8-7-9-11-15/h6-11,14H,1,12-13H2,2-5H3. The molecule has 0 amide bonds. The molecule has 2 heteroatoms. The van der Waals surface area contributed by atoms with E-state index in [1.807, 2.05) is 0 Å². The quantitative estimate of drug-likeness (QED) is 0.532. The molecule has 1 nitrogen and oxygen atoms in total. The summed E-state index contributed by atoms with van der Waals surface area (Å²) in [6.45, 7) is 11.1. The van der Waals surface area contributed by atoms with E-state index in [1.54, 1.807) is 0 Å². The van der Waals surface area contributed by atoms with E-state index in [0.29, 0.717) is 6.04 Å². The van der Waals surface area contributed by atoms with Gasteiger partial charge in [0.05, 0.1) is 8.07 Å². The summed E-state index contributed by atoms with van der Waals surface area (Å²) in [5, 5.41) is 0. The number of anilines is 1. The van der Waals surface area contributed by atoms with E-state index in [0.717, 1.165) is 0 Å². The van der Waals surface area contributed by atoms with Crippen LogP contribution >= 0.6 is 0 Å². The summed E-state index contributed by atoms with van der Waals surface area (Å²) >= 11 is 0. The van der Waals surface area contributed by atoms with Crippen LogP contribution in [0.1, 0.15) is 6.92 Å². The molecule has 1 aromatic rings. The lowest BCUT2D eigenvalue weighted by Crippen LogP contribution is -2.37. The van der Waals surface area contributed by atoms with Crippen molar-refractivity contribution < 1.29 is 0 Å². The SMILES string of the molecule is C=CC[Si](C)(C)CC(C)N(C)c1ccccc1. The van der Waals surface area contributed by atoms with Crippen molar-refractivity contribution in [3.8, 4) is 0 Å². The summed E-state index contributed by atoms with van der Waals surface area (Å²) < 4.78 is 0. The van der Waals surface area contributed by atoms with Crippen LogP contribution in [0.3, 0.4) is 0 Å². The fourth-order valence-corrected chi connectivity index (χ4v) is 5.15. The molecular formula is C15H25NSi. The molecule has 94 valence electrons. The van der Waals surface area contributed by atoms with Gasteiger partial charge in [-0.15, -0.1) is 6.58 Å². The normalized spacial score (nSPS) is 13.2. The average Bonchev–Trinajstić information content (AvgIpc) is 2.28. The Hall–Kier alpha value is -1.02. The van der Waals surface area contributed by atoms with Crippen LogP contribution in [0, 0.1) is 0 Å². The lowest BCUT2D eigenvalue weighted by atomic mass is 10.2. The molecule has 0 spiro atoms. The molecule has 0 saturated carbocycles. The maximum absolute atomic E-state index is 3.88. The van der Waals surface area contributed by atoms with Gasteiger partial charge in [0.2, 0.25) is 0 Å². The maximum atomic E-state index is 3.88. The molecule has 1 atom stereocenters. The fourth-order valence-electron chi connectivity index (χ4n) is 2.33. The minimum atomic E-state index is -1.12. The Morgan fingerprint density at radius 2 is 1.88 bits per heavy atom. The minimum Gasteiger partial charge on any atom is -0.372 e. The predicted octanol–water partition coefficient (Wildman–Crippen LogP) is 4.41. The van der Waals surface area contributed by atoms with Crippen LogP contribution in [0.15, 0.2) is 43.0 Å². The molecule has 1 aromatic carbocycles. The van der Waals surface area contributed by atoms with Gasteiger partial charge in [-0.1, -0.05) is 37.4 Å². The second-order valence-corrected chi connectivity index (χ2v) is 10.8. The van der Waals surface area contributed by atoms with Crippen LogP contribution in [0.5, 0.6) is 0 Å². The summed E-state index contributed by atoms with van der Waals surface area (Å²) in [5.74, 6) is 0. The van der Waals surface area contributed by atoms with Crippen molar-refractivity contribution in [2.24, 2.45) is 0 Å². The van der Waals surface area contributed by atoms with Crippen molar-refractivity contribution in [3.05, 3.63) is 43.0 Å². The molecule has 0 aromatic heterocycles. The van der Waals surface area contributed by atoms with Crippen LogP contribution < -0.4 is 4.90 Å². The van der Waals surface area contributed by atoms with E-state index in [-0.39, 0.29) is 0 Å². The number of benzene rings is 1. The van der Waals surface area contributed by atoms with Crippen molar-refractivity contribution in [3.63, 3.8) is 0 Å². The first-order chi connectivity index (χ1) is 7.96. The third-order valence-electron chi connectivity index (χ3n) is 3.37. The number of allylic oxidation sites excluding steroid dienone is 1. The topological polar surface area (TPSA) is 3.24 Å². The molecule has 0 aliphatic carbocycles. The molecule has 0 bridgehead atoms. The highest BCUT2D eigenvalue weighted by molar-refractivity contribution is 6.78. The first kappa shape index (κ1) is 14.0. The number of hydrogen-bond acceptors (Lipinski definition) is 1. The smallest absolute Gasteiger partial charge is 0.0531 e. The third kappa shape index (κ3) is 4.39. The highest BCUT2D eigenvalue weighted by atomic mass is 28.3. The fraction of sp³-hybridized carbons (Fsp3) is 0.467. The molecular weight excluding hydrogens is 222 g/mol. The zero-order chi connectivity index (χ0) is 12.9. The van der Waals surface area contributed by atoms with E-state index in [9.17, 15) is 0 Å². The summed E-state index contributed by atoms with van der Waals surface area (Å²) in [7, 11) is 1.07. The molecule has 1 rings (SSSR count). The van der Waals surface area contributed by atoms with Crippen LogP contribution in [0.2, 0.25) is 25.2 Å². The van der Waals surface area contributed by atoms with Gasteiger partial charge in [0.1, 0.15) is 0 Å². The van der Waals surface area contributed by atoms with Crippen molar-refractivity contribution in [2.75, 3.05) is 11.9 Å². The maximum Gasteiger partial charge on any atom is 0.0531 e. The van der Waals surface area contributed by atoms with Crippen LogP contribution in [0.25, 0.3) is 0 Å². The molecule has 0 aliphatic rings. The summed E-state index contributed by atoms with van der Waals surface area (Å²) in [5.41, 5.74) is 1.31. The van der Waals surface area contributed by atoms with Gasteiger partial charge in [-0.25, -0.2) is 0 Å². The predicted molar refractivity (Wildman–Crippen MR) is 81.6 cm³/mol. The van der Waals surface area contributed by atoms with Crippen molar-refractivity contribution in [1.29, 1.82) is 0 Å². The second kappa shape index (κ2) is 6.06. The zero-order valence-electron chi connectivity index (χ0n) is 11.6. The first-order valence-corrected chi connectivity index (χ1v) is 9.76. The number of nitrogens with zero attached hydrogens (tertiary/aromatic N) is 1. The van der Waals surface area contributed by atoms with E-state index in [1.165, 1.54) is 17.8 Å². The monoisotopic (exact) mass is 247 g/mol. The summed E-state index contributed by atoms with van der Waals surface area (Å²) in [6.07, 6.45) is 2.08. The Morgan fingerprint density at radius 1 is 1.29 bits per heavy atom. The van der Waals surface area contributed by atoms with Gasteiger partial charge in [-0.3, -0.25) is 0 Å². The first-order valence-electron chi connectivity index (χ1n) is 6.35. The van der Waals surface area contributed by atoms with Gasteiger partial charge in [0, 0.05) is 18.8 Å². The van der Waals surface area contributed by atoms with E-state index in [2.05, 4.69) is 75.0 Å². The Bertz CT molecular complexity index is 345. The Morgan fingerprint density at radius 3 is 2.41 bits per heavy atom. The molecule has 0 fully saturated rings. The van der Waals surface area contributed by atoms with Gasteiger partial charge >= 0.3 is 0 Å². The van der Waals surface area contributed by atoms with Gasteiger partial charge in [0.15, 0.2) is 0 Å². The van der Waals surface area contributed by atoms with Crippen molar-refractivity contribution >= 4 is 13.8 Å².